The summed E-state index contributed by atoms with van der Waals surface area (Å²) < 4.78 is 5.01. The van der Waals surface area contributed by atoms with Crippen LogP contribution in [0.4, 0.5) is 0 Å². The van der Waals surface area contributed by atoms with Crippen LogP contribution in [0.15, 0.2) is 12.1 Å². The number of primary amides is 1. The molecule has 0 bridgehead atoms. The van der Waals surface area contributed by atoms with Crippen LogP contribution in [-0.4, -0.2) is 35.8 Å². The molecule has 0 aromatic heterocycles. The molecule has 0 heterocycles. The highest BCUT2D eigenvalue weighted by Gasteiger charge is 2.20. The Morgan fingerprint density at radius 1 is 1.35 bits per heavy atom. The van der Waals surface area contributed by atoms with Crippen molar-refractivity contribution in [2.24, 2.45) is 5.73 Å². The molecule has 0 saturated carbocycles. The van der Waals surface area contributed by atoms with Gasteiger partial charge in [0.15, 0.2) is 0 Å². The van der Waals surface area contributed by atoms with Gasteiger partial charge in [-0.05, 0) is 12.1 Å². The Hall–Kier alpha value is -2.08. The first-order valence-corrected chi connectivity index (χ1v) is 4.86. The highest BCUT2D eigenvalue weighted by Crippen LogP contribution is 2.27. The summed E-state index contributed by atoms with van der Waals surface area (Å²) in [6.45, 7) is -0.251. The van der Waals surface area contributed by atoms with Gasteiger partial charge in [0, 0.05) is 18.6 Å². The molecular weight excluding hydrogens is 226 g/mol. The number of ether oxygens (including phenoxy) is 1. The molecule has 0 unspecified atom stereocenters. The predicted molar refractivity (Wildman–Crippen MR) is 59.3 cm³/mol. The van der Waals surface area contributed by atoms with E-state index in [4.69, 9.17) is 20.7 Å². The second-order valence-electron chi connectivity index (χ2n) is 3.32. The molecule has 1 amide bonds. The average Bonchev–Trinajstić information content (AvgIpc) is 2.28. The number of aromatic carboxylic acids is 1. The van der Waals surface area contributed by atoms with Gasteiger partial charge in [0.2, 0.25) is 0 Å². The number of aliphatic hydroxyl groups is 1. The molecule has 92 valence electrons. The molecular formula is C11H13NO5. The summed E-state index contributed by atoms with van der Waals surface area (Å²) in [5.74, 6) is -1.76. The van der Waals surface area contributed by atoms with Crippen molar-refractivity contribution in [1.29, 1.82) is 0 Å². The van der Waals surface area contributed by atoms with Gasteiger partial charge in [0.25, 0.3) is 5.91 Å². The van der Waals surface area contributed by atoms with Gasteiger partial charge in [0.1, 0.15) is 5.75 Å². The van der Waals surface area contributed by atoms with Gasteiger partial charge in [0.05, 0.1) is 18.2 Å². The molecule has 0 atom stereocenters. The SMILES string of the molecule is COc1c(C(N)=O)ccc(C(=O)O)c1CCO. The molecule has 0 spiro atoms. The number of amides is 1. The predicted octanol–water partition coefficient (Wildman–Crippen LogP) is 0.0271. The standard InChI is InChI=1S/C11H13NO5/c1-17-9-6(4-5-13)7(11(15)16)2-3-8(9)10(12)14/h2-3,13H,4-5H2,1H3,(H2,12,14)(H,15,16). The summed E-state index contributed by atoms with van der Waals surface area (Å²) in [6, 6.07) is 2.57. The highest BCUT2D eigenvalue weighted by atomic mass is 16.5. The second kappa shape index (κ2) is 5.31. The summed E-state index contributed by atoms with van der Waals surface area (Å²) in [5, 5.41) is 17.9. The summed E-state index contributed by atoms with van der Waals surface area (Å²) >= 11 is 0. The number of rotatable bonds is 5. The number of aliphatic hydroxyl groups excluding tert-OH is 1. The van der Waals surface area contributed by atoms with Crippen LogP contribution in [0.5, 0.6) is 5.75 Å². The zero-order chi connectivity index (χ0) is 13.0. The van der Waals surface area contributed by atoms with Crippen molar-refractivity contribution in [2.45, 2.75) is 6.42 Å². The maximum Gasteiger partial charge on any atom is 0.336 e. The van der Waals surface area contributed by atoms with E-state index in [-0.39, 0.29) is 35.5 Å². The van der Waals surface area contributed by atoms with Crippen molar-refractivity contribution in [1.82, 2.24) is 0 Å². The van der Waals surface area contributed by atoms with E-state index in [2.05, 4.69) is 0 Å². The maximum atomic E-state index is 11.2. The third-order valence-electron chi connectivity index (χ3n) is 2.32. The minimum atomic E-state index is -1.15. The smallest absolute Gasteiger partial charge is 0.336 e. The lowest BCUT2D eigenvalue weighted by atomic mass is 9.99. The third kappa shape index (κ3) is 2.54. The van der Waals surface area contributed by atoms with E-state index < -0.39 is 11.9 Å². The summed E-state index contributed by atoms with van der Waals surface area (Å²) in [5.41, 5.74) is 5.50. The van der Waals surface area contributed by atoms with Gasteiger partial charge in [-0.15, -0.1) is 0 Å². The number of nitrogens with two attached hydrogens (primary N) is 1. The minimum absolute atomic E-state index is 0.0131. The Bertz CT molecular complexity index is 455. The van der Waals surface area contributed by atoms with E-state index in [1.807, 2.05) is 0 Å². The molecule has 4 N–H and O–H groups in total. The molecule has 0 aliphatic rings. The number of carboxylic acid groups (broad SMARTS) is 1. The first-order chi connectivity index (χ1) is 8.02. The van der Waals surface area contributed by atoms with E-state index in [0.717, 1.165) is 0 Å². The largest absolute Gasteiger partial charge is 0.496 e. The Balaban J connectivity index is 3.49. The van der Waals surface area contributed by atoms with Crippen molar-refractivity contribution in [3.63, 3.8) is 0 Å². The van der Waals surface area contributed by atoms with Crippen LogP contribution in [0, 0.1) is 0 Å². The first-order valence-electron chi connectivity index (χ1n) is 4.86. The number of carbonyl (C=O) groups is 2. The summed E-state index contributed by atoms with van der Waals surface area (Å²) in [4.78, 5) is 22.1. The molecule has 0 aliphatic carbocycles. The summed E-state index contributed by atoms with van der Waals surface area (Å²) in [6.07, 6.45) is 0.0753. The number of benzene rings is 1. The van der Waals surface area contributed by atoms with Crippen molar-refractivity contribution >= 4 is 11.9 Å². The number of hydrogen-bond donors (Lipinski definition) is 3. The number of hydrogen-bond acceptors (Lipinski definition) is 4. The number of methoxy groups -OCH3 is 1. The normalized spacial score (nSPS) is 10.0. The molecule has 1 aromatic rings. The topological polar surface area (TPSA) is 110 Å². The molecule has 0 saturated heterocycles. The molecule has 17 heavy (non-hydrogen) atoms. The molecule has 1 aromatic carbocycles. The Morgan fingerprint density at radius 2 is 1.94 bits per heavy atom. The van der Waals surface area contributed by atoms with E-state index in [1.54, 1.807) is 0 Å². The van der Waals surface area contributed by atoms with Gasteiger partial charge in [-0.3, -0.25) is 4.79 Å². The van der Waals surface area contributed by atoms with Crippen LogP contribution in [0.2, 0.25) is 0 Å². The third-order valence-corrected chi connectivity index (χ3v) is 2.32. The van der Waals surface area contributed by atoms with E-state index in [0.29, 0.717) is 0 Å². The Morgan fingerprint density at radius 3 is 2.35 bits per heavy atom. The Kier molecular flexibility index (Phi) is 4.06. The van der Waals surface area contributed by atoms with Gasteiger partial charge in [-0.2, -0.15) is 0 Å². The zero-order valence-corrected chi connectivity index (χ0v) is 9.27. The number of carbonyl (C=O) groups excluding carboxylic acids is 1. The molecule has 0 radical (unpaired) electrons. The lowest BCUT2D eigenvalue weighted by Crippen LogP contribution is -2.16. The quantitative estimate of drug-likeness (QED) is 0.671. The fourth-order valence-electron chi connectivity index (χ4n) is 1.62. The van der Waals surface area contributed by atoms with Gasteiger partial charge in [-0.1, -0.05) is 0 Å². The average molecular weight is 239 g/mol. The molecule has 0 aliphatic heterocycles. The first kappa shape index (κ1) is 13.0. The van der Waals surface area contributed by atoms with E-state index in [1.165, 1.54) is 19.2 Å². The maximum absolute atomic E-state index is 11.2. The van der Waals surface area contributed by atoms with Gasteiger partial charge < -0.3 is 20.7 Å². The monoisotopic (exact) mass is 239 g/mol. The van der Waals surface area contributed by atoms with Crippen LogP contribution in [0.25, 0.3) is 0 Å². The fourth-order valence-corrected chi connectivity index (χ4v) is 1.62. The molecule has 1 rings (SSSR count). The fraction of sp³-hybridized carbons (Fsp3) is 0.273. The van der Waals surface area contributed by atoms with E-state index >= 15 is 0 Å². The zero-order valence-electron chi connectivity index (χ0n) is 9.27. The van der Waals surface area contributed by atoms with Crippen LogP contribution in [-0.2, 0) is 6.42 Å². The lowest BCUT2D eigenvalue weighted by molar-refractivity contribution is 0.0694. The summed E-state index contributed by atoms with van der Waals surface area (Å²) in [7, 11) is 1.31. The minimum Gasteiger partial charge on any atom is -0.496 e. The van der Waals surface area contributed by atoms with Crippen molar-refractivity contribution < 1.29 is 24.5 Å². The van der Waals surface area contributed by atoms with Gasteiger partial charge in [-0.25, -0.2) is 4.79 Å². The Labute approximate surface area is 97.6 Å². The van der Waals surface area contributed by atoms with Crippen LogP contribution >= 0.6 is 0 Å². The van der Waals surface area contributed by atoms with Crippen LogP contribution < -0.4 is 10.5 Å². The second-order valence-corrected chi connectivity index (χ2v) is 3.32. The van der Waals surface area contributed by atoms with Crippen molar-refractivity contribution in [3.05, 3.63) is 28.8 Å². The molecule has 6 heteroatoms. The van der Waals surface area contributed by atoms with Crippen molar-refractivity contribution in [3.8, 4) is 5.75 Å². The van der Waals surface area contributed by atoms with Gasteiger partial charge >= 0.3 is 5.97 Å². The van der Waals surface area contributed by atoms with Crippen LogP contribution in [0.3, 0.4) is 0 Å². The van der Waals surface area contributed by atoms with Crippen molar-refractivity contribution in [2.75, 3.05) is 13.7 Å². The van der Waals surface area contributed by atoms with E-state index in [9.17, 15) is 9.59 Å². The lowest BCUT2D eigenvalue weighted by Gasteiger charge is -2.13. The highest BCUT2D eigenvalue weighted by molar-refractivity contribution is 5.99. The molecule has 6 nitrogen and oxygen atoms in total. The number of carboxylic acids is 1. The molecule has 0 fully saturated rings. The van der Waals surface area contributed by atoms with Crippen LogP contribution in [0.1, 0.15) is 26.3 Å².